The van der Waals surface area contributed by atoms with E-state index >= 15 is 0 Å². The fraction of sp³-hybridized carbons (Fsp3) is 0.333. The van der Waals surface area contributed by atoms with E-state index in [9.17, 15) is 19.2 Å². The van der Waals surface area contributed by atoms with Gasteiger partial charge in [-0.25, -0.2) is 4.79 Å². The Morgan fingerprint density at radius 1 is 1.41 bits per heavy atom. The number of carbonyl (C=O) groups is 3. The van der Waals surface area contributed by atoms with E-state index < -0.39 is 29.5 Å². The number of carbonyl (C=O) groups excluding carboxylic acids is 3. The van der Waals surface area contributed by atoms with Gasteiger partial charge in [-0.1, -0.05) is 0 Å². The topological polar surface area (TPSA) is 115 Å². The van der Waals surface area contributed by atoms with Crippen molar-refractivity contribution in [1.82, 2.24) is 20.2 Å². The zero-order chi connectivity index (χ0) is 12.6. The van der Waals surface area contributed by atoms with Crippen LogP contribution < -0.4 is 11.0 Å². The summed E-state index contributed by atoms with van der Waals surface area (Å²) in [6.45, 7) is 1.30. The Labute approximate surface area is 95.0 Å². The average Bonchev–Trinajstić information content (AvgIpc) is 2.69. The van der Waals surface area contributed by atoms with Crippen molar-refractivity contribution < 1.29 is 14.4 Å². The maximum absolute atomic E-state index is 11.9. The molecular formula is C9H10N4O4. The Kier molecular flexibility index (Phi) is 2.54. The van der Waals surface area contributed by atoms with Crippen molar-refractivity contribution in [2.75, 3.05) is 6.54 Å². The third-order valence-corrected chi connectivity index (χ3v) is 2.51. The molecule has 0 aromatic carbocycles. The van der Waals surface area contributed by atoms with Gasteiger partial charge < -0.3 is 14.9 Å². The highest BCUT2D eigenvalue weighted by Gasteiger charge is 2.34. The summed E-state index contributed by atoms with van der Waals surface area (Å²) in [6, 6.07) is -0.751. The van der Waals surface area contributed by atoms with Gasteiger partial charge in [-0.3, -0.25) is 19.7 Å². The number of imidazole rings is 1. The van der Waals surface area contributed by atoms with E-state index in [4.69, 9.17) is 0 Å². The summed E-state index contributed by atoms with van der Waals surface area (Å²) < 4.78 is 0. The zero-order valence-corrected chi connectivity index (χ0v) is 8.94. The number of aromatic nitrogens is 2. The van der Waals surface area contributed by atoms with Gasteiger partial charge in [-0.2, -0.15) is 0 Å². The first-order valence-electron chi connectivity index (χ1n) is 4.91. The van der Waals surface area contributed by atoms with E-state index in [0.717, 1.165) is 4.90 Å². The number of nitrogens with zero attached hydrogens (tertiary/aromatic N) is 1. The minimum atomic E-state index is -0.751. The highest BCUT2D eigenvalue weighted by Crippen LogP contribution is 2.08. The molecule has 1 aromatic rings. The van der Waals surface area contributed by atoms with Gasteiger partial charge in [-0.15, -0.1) is 0 Å². The Morgan fingerprint density at radius 3 is 2.71 bits per heavy atom. The van der Waals surface area contributed by atoms with Crippen LogP contribution in [-0.4, -0.2) is 45.2 Å². The number of aromatic amines is 2. The maximum Gasteiger partial charge on any atom is 0.323 e. The molecular weight excluding hydrogens is 228 g/mol. The standard InChI is InChI=1S/C9H10N4O4/c1-4-7(15)12-6(14)3-13(4)8(16)5-2-10-9(17)11-5/h2,4H,3H2,1H3,(H2,10,11,17)(H,12,14,15). The second-order valence-electron chi connectivity index (χ2n) is 3.68. The van der Waals surface area contributed by atoms with Crippen LogP contribution in [0.5, 0.6) is 0 Å². The average molecular weight is 238 g/mol. The quantitative estimate of drug-likeness (QED) is 0.500. The van der Waals surface area contributed by atoms with Crippen LogP contribution in [0.25, 0.3) is 0 Å². The number of H-pyrrole nitrogens is 2. The SMILES string of the molecule is CC1C(=O)NC(=O)CN1C(=O)c1c[nH]c(=O)[nH]1. The predicted molar refractivity (Wildman–Crippen MR) is 55.1 cm³/mol. The Hall–Kier alpha value is -2.38. The summed E-state index contributed by atoms with van der Waals surface area (Å²) in [5.41, 5.74) is -0.502. The second kappa shape index (κ2) is 3.89. The molecule has 1 saturated heterocycles. The van der Waals surface area contributed by atoms with Crippen molar-refractivity contribution in [2.45, 2.75) is 13.0 Å². The molecule has 1 aliphatic rings. The van der Waals surface area contributed by atoms with Crippen molar-refractivity contribution in [3.05, 3.63) is 22.4 Å². The van der Waals surface area contributed by atoms with Gasteiger partial charge in [0.15, 0.2) is 0 Å². The summed E-state index contributed by atoms with van der Waals surface area (Å²) >= 11 is 0. The predicted octanol–water partition coefficient (Wildman–Crippen LogP) is -1.81. The molecule has 3 N–H and O–H groups in total. The number of piperazine rings is 1. The minimum Gasteiger partial charge on any atom is -0.316 e. The van der Waals surface area contributed by atoms with Crippen LogP contribution in [0.3, 0.4) is 0 Å². The lowest BCUT2D eigenvalue weighted by Gasteiger charge is -2.31. The largest absolute Gasteiger partial charge is 0.323 e. The van der Waals surface area contributed by atoms with Gasteiger partial charge in [0.1, 0.15) is 18.3 Å². The number of imide groups is 1. The van der Waals surface area contributed by atoms with E-state index in [-0.39, 0.29) is 12.2 Å². The Balaban J connectivity index is 2.27. The van der Waals surface area contributed by atoms with Crippen LogP contribution in [0.1, 0.15) is 17.4 Å². The molecule has 8 nitrogen and oxygen atoms in total. The first-order chi connectivity index (χ1) is 7.99. The molecule has 0 radical (unpaired) electrons. The van der Waals surface area contributed by atoms with Gasteiger partial charge >= 0.3 is 5.69 Å². The van der Waals surface area contributed by atoms with Gasteiger partial charge in [-0.05, 0) is 6.92 Å². The minimum absolute atomic E-state index is 0.0179. The first kappa shape index (κ1) is 11.1. The summed E-state index contributed by atoms with van der Waals surface area (Å²) in [7, 11) is 0. The fourth-order valence-corrected chi connectivity index (χ4v) is 1.56. The third kappa shape index (κ3) is 1.96. The van der Waals surface area contributed by atoms with Crippen molar-refractivity contribution >= 4 is 17.7 Å². The van der Waals surface area contributed by atoms with Crippen molar-refractivity contribution in [1.29, 1.82) is 0 Å². The summed E-state index contributed by atoms with van der Waals surface area (Å²) in [6.07, 6.45) is 1.20. The van der Waals surface area contributed by atoms with Crippen molar-refractivity contribution in [3.63, 3.8) is 0 Å². The molecule has 3 amide bonds. The molecule has 1 fully saturated rings. The highest BCUT2D eigenvalue weighted by atomic mass is 16.2. The van der Waals surface area contributed by atoms with Crippen molar-refractivity contribution in [2.24, 2.45) is 0 Å². The highest BCUT2D eigenvalue weighted by molar-refractivity contribution is 6.06. The summed E-state index contributed by atoms with van der Waals surface area (Å²) in [5.74, 6) is -1.65. The van der Waals surface area contributed by atoms with E-state index in [2.05, 4.69) is 15.3 Å². The number of hydrogen-bond acceptors (Lipinski definition) is 4. The summed E-state index contributed by atoms with van der Waals surface area (Å²) in [5, 5.41) is 2.12. The van der Waals surface area contributed by atoms with Crippen LogP contribution >= 0.6 is 0 Å². The molecule has 8 heteroatoms. The van der Waals surface area contributed by atoms with Gasteiger partial charge in [0.05, 0.1) is 0 Å². The Morgan fingerprint density at radius 2 is 2.12 bits per heavy atom. The van der Waals surface area contributed by atoms with Gasteiger partial charge in [0.25, 0.3) is 5.91 Å². The molecule has 2 rings (SSSR count). The molecule has 1 unspecified atom stereocenters. The van der Waals surface area contributed by atoms with Crippen LogP contribution in [0.4, 0.5) is 0 Å². The number of hydrogen-bond donors (Lipinski definition) is 3. The Bertz CT molecular complexity index is 543. The van der Waals surface area contributed by atoms with E-state index in [1.807, 2.05) is 0 Å². The maximum atomic E-state index is 11.9. The zero-order valence-electron chi connectivity index (χ0n) is 8.94. The smallest absolute Gasteiger partial charge is 0.316 e. The lowest BCUT2D eigenvalue weighted by molar-refractivity contribution is -0.138. The van der Waals surface area contributed by atoms with E-state index in [1.165, 1.54) is 13.1 Å². The molecule has 1 aromatic heterocycles. The molecule has 90 valence electrons. The third-order valence-electron chi connectivity index (χ3n) is 2.51. The van der Waals surface area contributed by atoms with E-state index in [0.29, 0.717) is 0 Å². The molecule has 0 bridgehead atoms. The lowest BCUT2D eigenvalue weighted by Crippen LogP contribution is -2.58. The van der Waals surface area contributed by atoms with Crippen LogP contribution in [0.15, 0.2) is 11.0 Å². The second-order valence-corrected chi connectivity index (χ2v) is 3.68. The molecule has 17 heavy (non-hydrogen) atoms. The molecule has 1 aliphatic heterocycles. The molecule has 2 heterocycles. The molecule has 0 saturated carbocycles. The van der Waals surface area contributed by atoms with Crippen LogP contribution in [-0.2, 0) is 9.59 Å². The molecule has 1 atom stereocenters. The monoisotopic (exact) mass is 238 g/mol. The number of amides is 3. The van der Waals surface area contributed by atoms with Gasteiger partial charge in [0, 0.05) is 6.20 Å². The van der Waals surface area contributed by atoms with Crippen LogP contribution in [0, 0.1) is 0 Å². The molecule has 0 spiro atoms. The normalized spacial score (nSPS) is 20.3. The van der Waals surface area contributed by atoms with Crippen molar-refractivity contribution in [3.8, 4) is 0 Å². The number of rotatable bonds is 1. The fourth-order valence-electron chi connectivity index (χ4n) is 1.56. The van der Waals surface area contributed by atoms with Gasteiger partial charge in [0.2, 0.25) is 11.8 Å². The first-order valence-corrected chi connectivity index (χ1v) is 4.91. The van der Waals surface area contributed by atoms with Crippen LogP contribution in [0.2, 0.25) is 0 Å². The van der Waals surface area contributed by atoms with E-state index in [1.54, 1.807) is 0 Å². The molecule has 0 aliphatic carbocycles. The number of nitrogens with one attached hydrogen (secondary N) is 3. The lowest BCUT2D eigenvalue weighted by atomic mass is 10.2. The summed E-state index contributed by atoms with van der Waals surface area (Å²) in [4.78, 5) is 51.0.